The maximum Gasteiger partial charge on any atom is 0.270 e. The largest absolute Gasteiger partial charge is 0.380 e. The van der Waals surface area contributed by atoms with Crippen molar-refractivity contribution in [3.63, 3.8) is 0 Å². The molecule has 2 aromatic rings. The van der Waals surface area contributed by atoms with E-state index in [2.05, 4.69) is 0 Å². The van der Waals surface area contributed by atoms with E-state index >= 15 is 0 Å². The van der Waals surface area contributed by atoms with E-state index in [9.17, 15) is 14.9 Å². The molecule has 0 aliphatic rings. The first kappa shape index (κ1) is 21.2. The number of nitrogens with zero attached hydrogens (tertiary/aromatic N) is 2. The Hall–Kier alpha value is -2.15. The Balaban J connectivity index is 2.22. The molecule has 1 amide bonds. The number of non-ortho nitro benzene ring substituents is 1. The topological polar surface area (TPSA) is 72.7 Å². The fraction of sp³-hybridized carbons (Fsp3) is 0.316. The zero-order valence-electron chi connectivity index (χ0n) is 14.8. The first-order valence-electron chi connectivity index (χ1n) is 8.40. The van der Waals surface area contributed by atoms with Crippen molar-refractivity contribution in [2.75, 3.05) is 19.8 Å². The van der Waals surface area contributed by atoms with Crippen LogP contribution in [-0.4, -0.2) is 40.3 Å². The van der Waals surface area contributed by atoms with E-state index in [1.165, 1.54) is 17.0 Å². The number of nitro groups is 1. The molecule has 27 heavy (non-hydrogen) atoms. The summed E-state index contributed by atoms with van der Waals surface area (Å²) < 4.78 is 5.32. The van der Waals surface area contributed by atoms with Crippen molar-refractivity contribution in [2.24, 2.45) is 0 Å². The molecule has 0 aliphatic carbocycles. The molecule has 0 fully saturated rings. The number of rotatable bonds is 9. The highest BCUT2D eigenvalue weighted by atomic mass is 35.5. The predicted octanol–water partition coefficient (Wildman–Crippen LogP) is 4.43. The third kappa shape index (κ3) is 6.20. The second-order valence-electron chi connectivity index (χ2n) is 5.77. The number of carbonyl (C=O) groups is 1. The van der Waals surface area contributed by atoms with E-state index < -0.39 is 15.7 Å². The smallest absolute Gasteiger partial charge is 0.270 e. The van der Waals surface area contributed by atoms with Gasteiger partial charge in [0.25, 0.3) is 11.6 Å². The van der Waals surface area contributed by atoms with Crippen molar-refractivity contribution in [2.45, 2.75) is 18.3 Å². The van der Waals surface area contributed by atoms with Gasteiger partial charge in [-0.25, -0.2) is 0 Å². The highest BCUT2D eigenvalue weighted by molar-refractivity contribution is 6.53. The summed E-state index contributed by atoms with van der Waals surface area (Å²) in [6.07, 6.45) is 0. The summed E-state index contributed by atoms with van der Waals surface area (Å²) in [5, 5.41) is 11.0. The molecule has 0 spiro atoms. The molecule has 0 atom stereocenters. The molecule has 0 heterocycles. The second-order valence-corrected chi connectivity index (χ2v) is 6.86. The van der Waals surface area contributed by atoms with Gasteiger partial charge >= 0.3 is 0 Å². The monoisotopic (exact) mass is 410 g/mol. The van der Waals surface area contributed by atoms with E-state index in [1.807, 2.05) is 31.2 Å². The Labute approximate surface area is 167 Å². The first-order chi connectivity index (χ1) is 12.9. The van der Waals surface area contributed by atoms with Gasteiger partial charge in [-0.3, -0.25) is 14.9 Å². The Kier molecular flexibility index (Phi) is 8.03. The molecule has 2 aromatic carbocycles. The summed E-state index contributed by atoms with van der Waals surface area (Å²) in [6.45, 7) is 3.48. The van der Waals surface area contributed by atoms with Crippen molar-refractivity contribution in [1.29, 1.82) is 0 Å². The Morgan fingerprint density at radius 3 is 2.48 bits per heavy atom. The van der Waals surface area contributed by atoms with Gasteiger partial charge in [0.1, 0.15) is 0 Å². The molecule has 2 rings (SSSR count). The minimum atomic E-state index is -1.15. The Bertz CT molecular complexity index is 799. The lowest BCUT2D eigenvalue weighted by molar-refractivity contribution is -0.384. The lowest BCUT2D eigenvalue weighted by atomic mass is 10.0. The van der Waals surface area contributed by atoms with Gasteiger partial charge in [0, 0.05) is 31.8 Å². The van der Waals surface area contributed by atoms with Crippen LogP contribution in [0.3, 0.4) is 0 Å². The van der Waals surface area contributed by atoms with Crippen LogP contribution >= 0.6 is 23.2 Å². The fourth-order valence-corrected chi connectivity index (χ4v) is 2.87. The van der Waals surface area contributed by atoms with Gasteiger partial charge in [0.2, 0.25) is 0 Å². The van der Waals surface area contributed by atoms with E-state index in [-0.39, 0.29) is 5.69 Å². The van der Waals surface area contributed by atoms with Gasteiger partial charge in [-0.1, -0.05) is 53.5 Å². The van der Waals surface area contributed by atoms with Crippen LogP contribution in [0.15, 0.2) is 48.5 Å². The summed E-state index contributed by atoms with van der Waals surface area (Å²) in [5.74, 6) is -0.390. The lowest BCUT2D eigenvalue weighted by Crippen LogP contribution is -2.37. The van der Waals surface area contributed by atoms with Crippen LogP contribution in [0.1, 0.15) is 12.5 Å². The van der Waals surface area contributed by atoms with E-state index in [0.717, 1.165) is 16.7 Å². The molecule has 0 aromatic heterocycles. The first-order valence-corrected chi connectivity index (χ1v) is 9.28. The molecule has 0 unspecified atom stereocenters. The molecule has 0 radical (unpaired) electrons. The quantitative estimate of drug-likeness (QED) is 0.265. The van der Waals surface area contributed by atoms with Gasteiger partial charge in [-0.2, -0.15) is 0 Å². The molecule has 0 N–H and O–H groups in total. The van der Waals surface area contributed by atoms with Crippen LogP contribution in [0.2, 0.25) is 0 Å². The molecule has 0 saturated carbocycles. The summed E-state index contributed by atoms with van der Waals surface area (Å²) in [7, 11) is 0. The minimum Gasteiger partial charge on any atom is -0.380 e. The summed E-state index contributed by atoms with van der Waals surface area (Å²) in [4.78, 5) is 23.2. The van der Waals surface area contributed by atoms with E-state index in [4.69, 9.17) is 27.9 Å². The molecular formula is C19H20Cl2N2O4. The highest BCUT2D eigenvalue weighted by Gasteiger charge is 2.20. The summed E-state index contributed by atoms with van der Waals surface area (Å²) in [5.41, 5.74) is 2.43. The number of halogens is 2. The predicted molar refractivity (Wildman–Crippen MR) is 106 cm³/mol. The Morgan fingerprint density at radius 1 is 1.19 bits per heavy atom. The molecule has 8 heteroatoms. The minimum absolute atomic E-state index is 0.0264. The van der Waals surface area contributed by atoms with E-state index in [1.54, 1.807) is 12.1 Å². The number of hydrogen-bond acceptors (Lipinski definition) is 4. The average Bonchev–Trinajstić information content (AvgIpc) is 2.67. The van der Waals surface area contributed by atoms with Gasteiger partial charge in [0.15, 0.2) is 4.84 Å². The molecule has 6 nitrogen and oxygen atoms in total. The highest BCUT2D eigenvalue weighted by Crippen LogP contribution is 2.25. The SMILES string of the molecule is CCOCCN(Cc1cccc(-c2cccc([N+](=O)[O-])c2)c1)C(=O)C(Cl)Cl. The third-order valence-corrected chi connectivity index (χ3v) is 4.27. The lowest BCUT2D eigenvalue weighted by Gasteiger charge is -2.23. The van der Waals surface area contributed by atoms with Crippen molar-refractivity contribution in [1.82, 2.24) is 4.90 Å². The van der Waals surface area contributed by atoms with Crippen molar-refractivity contribution < 1.29 is 14.5 Å². The standard InChI is InChI=1S/C19H20Cl2N2O4/c1-2-27-10-9-22(19(24)18(20)21)13-14-5-3-6-15(11-14)16-7-4-8-17(12-16)23(25)26/h3-8,11-12,18H,2,9-10,13H2,1H3. The number of nitro benzene ring substituents is 1. The number of carbonyl (C=O) groups excluding carboxylic acids is 1. The van der Waals surface area contributed by atoms with Crippen LogP contribution in [0.4, 0.5) is 5.69 Å². The van der Waals surface area contributed by atoms with Crippen LogP contribution in [0, 0.1) is 10.1 Å². The number of amides is 1. The molecule has 0 saturated heterocycles. The maximum absolute atomic E-state index is 12.2. The average molecular weight is 411 g/mol. The summed E-state index contributed by atoms with van der Waals surface area (Å²) in [6, 6.07) is 13.9. The fourth-order valence-electron chi connectivity index (χ4n) is 2.59. The Morgan fingerprint density at radius 2 is 1.85 bits per heavy atom. The van der Waals surface area contributed by atoms with Crippen molar-refractivity contribution in [3.05, 3.63) is 64.2 Å². The molecule has 0 bridgehead atoms. The second kappa shape index (κ2) is 10.3. The third-order valence-electron chi connectivity index (χ3n) is 3.90. The molecule has 144 valence electrons. The van der Waals surface area contributed by atoms with Gasteiger partial charge in [-0.05, 0) is 29.7 Å². The van der Waals surface area contributed by atoms with Crippen LogP contribution < -0.4 is 0 Å². The van der Waals surface area contributed by atoms with Gasteiger partial charge in [0.05, 0.1) is 11.5 Å². The number of hydrogen-bond donors (Lipinski definition) is 0. The summed E-state index contributed by atoms with van der Waals surface area (Å²) >= 11 is 11.5. The maximum atomic E-state index is 12.2. The van der Waals surface area contributed by atoms with Crippen LogP contribution in [0.25, 0.3) is 11.1 Å². The van der Waals surface area contributed by atoms with Gasteiger partial charge in [-0.15, -0.1) is 0 Å². The van der Waals surface area contributed by atoms with Crippen LogP contribution in [0.5, 0.6) is 0 Å². The zero-order valence-corrected chi connectivity index (χ0v) is 16.3. The molecular weight excluding hydrogens is 391 g/mol. The zero-order chi connectivity index (χ0) is 19.8. The number of benzene rings is 2. The molecule has 0 aliphatic heterocycles. The van der Waals surface area contributed by atoms with Crippen LogP contribution in [-0.2, 0) is 16.1 Å². The number of ether oxygens (including phenoxy) is 1. The van der Waals surface area contributed by atoms with Crippen molar-refractivity contribution >= 4 is 34.8 Å². The van der Waals surface area contributed by atoms with E-state index in [0.29, 0.717) is 26.3 Å². The normalized spacial score (nSPS) is 10.8. The number of alkyl halides is 2. The van der Waals surface area contributed by atoms with Gasteiger partial charge < -0.3 is 9.64 Å². The van der Waals surface area contributed by atoms with Crippen molar-refractivity contribution in [3.8, 4) is 11.1 Å².